The van der Waals surface area contributed by atoms with Crippen LogP contribution >= 0.6 is 0 Å². The van der Waals surface area contributed by atoms with E-state index < -0.39 is 0 Å². The zero-order chi connectivity index (χ0) is 19.1. The Morgan fingerprint density at radius 1 is 1.00 bits per heavy atom. The molecule has 0 aliphatic carbocycles. The molecule has 27 heavy (non-hydrogen) atoms. The Morgan fingerprint density at radius 2 is 1.74 bits per heavy atom. The fourth-order valence-corrected chi connectivity index (χ4v) is 3.26. The first kappa shape index (κ1) is 18.9. The van der Waals surface area contributed by atoms with Crippen molar-refractivity contribution in [2.24, 2.45) is 0 Å². The van der Waals surface area contributed by atoms with Crippen molar-refractivity contribution in [1.29, 1.82) is 0 Å². The van der Waals surface area contributed by atoms with Gasteiger partial charge in [-0.1, -0.05) is 30.3 Å². The highest BCUT2D eigenvalue weighted by Gasteiger charge is 2.23. The summed E-state index contributed by atoms with van der Waals surface area (Å²) in [5.74, 6) is 1.61. The normalized spacial score (nSPS) is 14.0. The molecule has 6 heteroatoms. The van der Waals surface area contributed by atoms with Crippen LogP contribution in [0.15, 0.2) is 48.5 Å². The van der Waals surface area contributed by atoms with Gasteiger partial charge in [0, 0.05) is 38.8 Å². The molecule has 0 spiro atoms. The highest BCUT2D eigenvalue weighted by Crippen LogP contribution is 2.32. The van der Waals surface area contributed by atoms with Crippen molar-refractivity contribution in [3.63, 3.8) is 0 Å². The van der Waals surface area contributed by atoms with Crippen LogP contribution in [0.1, 0.15) is 5.56 Å². The van der Waals surface area contributed by atoms with Crippen molar-refractivity contribution in [3.05, 3.63) is 54.1 Å². The molecule has 144 valence electrons. The Kier molecular flexibility index (Phi) is 6.41. The maximum Gasteiger partial charge on any atom is 0.317 e. The van der Waals surface area contributed by atoms with Gasteiger partial charge < -0.3 is 24.6 Å². The fraction of sp³-hybridized carbons (Fsp3) is 0.381. The van der Waals surface area contributed by atoms with E-state index in [0.717, 1.165) is 36.7 Å². The summed E-state index contributed by atoms with van der Waals surface area (Å²) in [7, 11) is 3.32. The predicted octanol–water partition coefficient (Wildman–Crippen LogP) is 2.78. The number of benzene rings is 2. The molecule has 0 saturated carbocycles. The van der Waals surface area contributed by atoms with Gasteiger partial charge in [-0.05, 0) is 24.1 Å². The van der Waals surface area contributed by atoms with E-state index in [4.69, 9.17) is 9.47 Å². The van der Waals surface area contributed by atoms with Crippen LogP contribution in [0, 0.1) is 0 Å². The third-order valence-corrected chi connectivity index (χ3v) is 4.83. The maximum absolute atomic E-state index is 12.4. The number of urea groups is 1. The number of carbonyl (C=O) groups excluding carboxylic acids is 1. The molecule has 0 radical (unpaired) electrons. The lowest BCUT2D eigenvalue weighted by molar-refractivity contribution is 0.194. The molecule has 1 aliphatic heterocycles. The molecule has 2 aromatic rings. The Balaban J connectivity index is 1.50. The average Bonchev–Trinajstić information content (AvgIpc) is 2.74. The third kappa shape index (κ3) is 4.84. The molecule has 3 rings (SSSR count). The van der Waals surface area contributed by atoms with Crippen molar-refractivity contribution < 1.29 is 14.3 Å². The molecule has 1 N–H and O–H groups in total. The van der Waals surface area contributed by atoms with Crippen LogP contribution in [0.3, 0.4) is 0 Å². The maximum atomic E-state index is 12.4. The van der Waals surface area contributed by atoms with Gasteiger partial charge in [0.1, 0.15) is 11.5 Å². The highest BCUT2D eigenvalue weighted by molar-refractivity contribution is 5.74. The molecule has 1 heterocycles. The molecule has 0 atom stereocenters. The van der Waals surface area contributed by atoms with E-state index in [-0.39, 0.29) is 6.03 Å². The van der Waals surface area contributed by atoms with E-state index in [1.54, 1.807) is 14.2 Å². The van der Waals surface area contributed by atoms with Crippen LogP contribution < -0.4 is 19.7 Å². The molecular formula is C21H27N3O3. The summed E-state index contributed by atoms with van der Waals surface area (Å²) in [4.78, 5) is 16.5. The smallest absolute Gasteiger partial charge is 0.317 e. The second-order valence-corrected chi connectivity index (χ2v) is 6.48. The highest BCUT2D eigenvalue weighted by atomic mass is 16.5. The molecule has 0 bridgehead atoms. The summed E-state index contributed by atoms with van der Waals surface area (Å²) in [6, 6.07) is 16.0. The van der Waals surface area contributed by atoms with Crippen LogP contribution in [0.4, 0.5) is 10.5 Å². The Labute approximate surface area is 160 Å². The molecule has 0 unspecified atom stereocenters. The van der Waals surface area contributed by atoms with Crippen molar-refractivity contribution in [1.82, 2.24) is 10.2 Å². The van der Waals surface area contributed by atoms with Gasteiger partial charge >= 0.3 is 6.03 Å². The van der Waals surface area contributed by atoms with Gasteiger partial charge in [-0.25, -0.2) is 4.79 Å². The van der Waals surface area contributed by atoms with E-state index in [1.165, 1.54) is 5.56 Å². The van der Waals surface area contributed by atoms with Gasteiger partial charge in [0.15, 0.2) is 0 Å². The number of piperazine rings is 1. The molecular weight excluding hydrogens is 342 g/mol. The standard InChI is InChI=1S/C21H27N3O3/c1-26-18-8-9-20(27-2)19(16-18)23-12-14-24(15-13-23)21(25)22-11-10-17-6-4-3-5-7-17/h3-9,16H,10-15H2,1-2H3,(H,22,25). The average molecular weight is 369 g/mol. The number of nitrogens with one attached hydrogen (secondary N) is 1. The van der Waals surface area contributed by atoms with Crippen LogP contribution in [0.25, 0.3) is 0 Å². The molecule has 1 saturated heterocycles. The summed E-state index contributed by atoms with van der Waals surface area (Å²) in [6.07, 6.45) is 0.841. The van der Waals surface area contributed by atoms with Gasteiger partial charge in [0.2, 0.25) is 0 Å². The zero-order valence-electron chi connectivity index (χ0n) is 16.0. The van der Waals surface area contributed by atoms with E-state index in [9.17, 15) is 4.79 Å². The Bertz CT molecular complexity index is 744. The predicted molar refractivity (Wildman–Crippen MR) is 107 cm³/mol. The van der Waals surface area contributed by atoms with Gasteiger partial charge in [-0.3, -0.25) is 0 Å². The first-order valence-electron chi connectivity index (χ1n) is 9.25. The summed E-state index contributed by atoms with van der Waals surface area (Å²) < 4.78 is 10.8. The Hall–Kier alpha value is -2.89. The van der Waals surface area contributed by atoms with E-state index in [0.29, 0.717) is 19.6 Å². The number of nitrogens with zero attached hydrogens (tertiary/aromatic N) is 2. The lowest BCUT2D eigenvalue weighted by Crippen LogP contribution is -2.52. The summed E-state index contributed by atoms with van der Waals surface area (Å²) in [5.41, 5.74) is 2.23. The number of carbonyl (C=O) groups is 1. The summed E-state index contributed by atoms with van der Waals surface area (Å²) >= 11 is 0. The third-order valence-electron chi connectivity index (χ3n) is 4.83. The van der Waals surface area contributed by atoms with Gasteiger partial charge in [0.05, 0.1) is 19.9 Å². The number of hydrogen-bond acceptors (Lipinski definition) is 4. The first-order valence-corrected chi connectivity index (χ1v) is 9.25. The van der Waals surface area contributed by atoms with Crippen LogP contribution in [0.5, 0.6) is 11.5 Å². The second-order valence-electron chi connectivity index (χ2n) is 6.48. The minimum absolute atomic E-state index is 0.00295. The first-order chi connectivity index (χ1) is 13.2. The Morgan fingerprint density at radius 3 is 2.41 bits per heavy atom. The lowest BCUT2D eigenvalue weighted by atomic mass is 10.1. The topological polar surface area (TPSA) is 54.0 Å². The molecule has 0 aromatic heterocycles. The van der Waals surface area contributed by atoms with E-state index in [1.807, 2.05) is 41.3 Å². The van der Waals surface area contributed by atoms with Crippen LogP contribution in [0.2, 0.25) is 0 Å². The SMILES string of the molecule is COc1ccc(OC)c(N2CCN(C(=O)NCCc3ccccc3)CC2)c1. The minimum Gasteiger partial charge on any atom is -0.497 e. The monoisotopic (exact) mass is 369 g/mol. The van der Waals surface area contributed by atoms with E-state index >= 15 is 0 Å². The molecule has 1 aliphatic rings. The number of rotatable bonds is 6. The molecule has 2 amide bonds. The summed E-state index contributed by atoms with van der Waals surface area (Å²) in [6.45, 7) is 3.52. The molecule has 1 fully saturated rings. The number of anilines is 1. The minimum atomic E-state index is 0.00295. The quantitative estimate of drug-likeness (QED) is 0.851. The van der Waals surface area contributed by atoms with Crippen molar-refractivity contribution in [2.45, 2.75) is 6.42 Å². The van der Waals surface area contributed by atoms with Gasteiger partial charge in [0.25, 0.3) is 0 Å². The number of methoxy groups -OCH3 is 2. The van der Waals surface area contributed by atoms with Gasteiger partial charge in [-0.15, -0.1) is 0 Å². The second kappa shape index (κ2) is 9.16. The van der Waals surface area contributed by atoms with Crippen LogP contribution in [-0.4, -0.2) is 57.9 Å². The molecule has 6 nitrogen and oxygen atoms in total. The number of ether oxygens (including phenoxy) is 2. The van der Waals surface area contributed by atoms with Crippen LogP contribution in [-0.2, 0) is 6.42 Å². The largest absolute Gasteiger partial charge is 0.497 e. The molecule has 2 aromatic carbocycles. The number of hydrogen-bond donors (Lipinski definition) is 1. The summed E-state index contributed by atoms with van der Waals surface area (Å²) in [5, 5.41) is 3.02. The van der Waals surface area contributed by atoms with E-state index in [2.05, 4.69) is 22.3 Å². The zero-order valence-corrected chi connectivity index (χ0v) is 16.0. The van der Waals surface area contributed by atoms with Gasteiger partial charge in [-0.2, -0.15) is 0 Å². The number of amides is 2. The van der Waals surface area contributed by atoms with Crippen molar-refractivity contribution in [3.8, 4) is 11.5 Å². The van der Waals surface area contributed by atoms with Crippen molar-refractivity contribution >= 4 is 11.7 Å². The fourth-order valence-electron chi connectivity index (χ4n) is 3.26. The lowest BCUT2D eigenvalue weighted by Gasteiger charge is -2.36. The van der Waals surface area contributed by atoms with Crippen molar-refractivity contribution in [2.75, 3.05) is 51.8 Å².